The summed E-state index contributed by atoms with van der Waals surface area (Å²) in [5, 5.41) is 10.2. The van der Waals surface area contributed by atoms with E-state index in [1.54, 1.807) is 24.3 Å². The molecule has 1 aromatic carbocycles. The summed E-state index contributed by atoms with van der Waals surface area (Å²) in [5.74, 6) is -1.94. The molecule has 33 heavy (non-hydrogen) atoms. The van der Waals surface area contributed by atoms with Crippen LogP contribution in [0.4, 0.5) is 10.7 Å². The van der Waals surface area contributed by atoms with E-state index in [0.29, 0.717) is 21.3 Å². The largest absolute Gasteiger partial charge is 0.451 e. The molecule has 2 aliphatic rings. The molecule has 2 heterocycles. The smallest absolute Gasteiger partial charge is 0.355 e. The Bertz CT molecular complexity index is 1140. The van der Waals surface area contributed by atoms with E-state index in [-0.39, 0.29) is 30.4 Å². The first-order valence-corrected chi connectivity index (χ1v) is 11.6. The maximum absolute atomic E-state index is 13.1. The number of fused-ring (bicyclic) bond motifs is 1. The first-order chi connectivity index (χ1) is 15.9. The van der Waals surface area contributed by atoms with Crippen molar-refractivity contribution in [3.05, 3.63) is 45.3 Å². The van der Waals surface area contributed by atoms with E-state index in [4.69, 9.17) is 16.3 Å². The van der Waals surface area contributed by atoms with Crippen molar-refractivity contribution < 1.29 is 23.9 Å². The molecule has 0 radical (unpaired) electrons. The molecule has 1 aromatic heterocycles. The molecule has 172 valence electrons. The van der Waals surface area contributed by atoms with Crippen LogP contribution in [0, 0.1) is 0 Å². The molecule has 2 aromatic rings. The summed E-state index contributed by atoms with van der Waals surface area (Å²) in [5.41, 5.74) is 4.23. The molecule has 1 aliphatic heterocycles. The average Bonchev–Trinajstić information content (AvgIpc) is 3.17. The molecular weight excluding hydrogens is 468 g/mol. The highest BCUT2D eigenvalue weighted by molar-refractivity contribution is 7.17. The van der Waals surface area contributed by atoms with E-state index in [2.05, 4.69) is 21.2 Å². The summed E-state index contributed by atoms with van der Waals surface area (Å²) < 4.78 is 5.02. The minimum Gasteiger partial charge on any atom is -0.451 e. The van der Waals surface area contributed by atoms with Gasteiger partial charge in [-0.25, -0.2) is 10.2 Å². The van der Waals surface area contributed by atoms with Crippen LogP contribution in [0.2, 0.25) is 5.02 Å². The van der Waals surface area contributed by atoms with Crippen LogP contribution in [-0.2, 0) is 32.0 Å². The molecule has 0 unspecified atom stereocenters. The number of ether oxygens (including phenoxy) is 1. The van der Waals surface area contributed by atoms with Gasteiger partial charge in [0.15, 0.2) is 6.61 Å². The second-order valence-corrected chi connectivity index (χ2v) is 9.14. The lowest BCUT2D eigenvalue weighted by atomic mass is 9.95. The lowest BCUT2D eigenvalue weighted by Gasteiger charge is -2.13. The minimum absolute atomic E-state index is 0.0528. The number of nitrogens with zero attached hydrogens (tertiary/aromatic N) is 1. The first-order valence-electron chi connectivity index (χ1n) is 10.4. The van der Waals surface area contributed by atoms with Crippen molar-refractivity contribution in [3.8, 4) is 0 Å². The Morgan fingerprint density at radius 1 is 1.06 bits per heavy atom. The number of amides is 3. The van der Waals surface area contributed by atoms with Crippen molar-refractivity contribution in [2.45, 2.75) is 38.5 Å². The molecular formula is C22H21ClN4O5S. The Hall–Kier alpha value is -3.24. The minimum atomic E-state index is -0.767. The Morgan fingerprint density at radius 2 is 1.82 bits per heavy atom. The molecule has 0 spiro atoms. The van der Waals surface area contributed by atoms with Crippen molar-refractivity contribution in [2.75, 3.05) is 17.2 Å². The fraction of sp³-hybridized carbons (Fsp3) is 0.318. The number of benzene rings is 1. The van der Waals surface area contributed by atoms with E-state index >= 15 is 0 Å². The van der Waals surface area contributed by atoms with Crippen molar-refractivity contribution in [1.82, 2.24) is 5.43 Å². The van der Waals surface area contributed by atoms with Gasteiger partial charge in [0.25, 0.3) is 11.8 Å². The van der Waals surface area contributed by atoms with Gasteiger partial charge in [0.05, 0.1) is 5.56 Å². The summed E-state index contributed by atoms with van der Waals surface area (Å²) in [4.78, 5) is 49.9. The van der Waals surface area contributed by atoms with Crippen LogP contribution in [-0.4, -0.2) is 36.0 Å². The zero-order valence-electron chi connectivity index (χ0n) is 17.5. The number of aryl methyl sites for hydroxylation is 1. The normalized spacial score (nSPS) is 15.1. The predicted octanol–water partition coefficient (Wildman–Crippen LogP) is 3.28. The van der Waals surface area contributed by atoms with Gasteiger partial charge < -0.3 is 15.4 Å². The first kappa shape index (κ1) is 22.9. The Morgan fingerprint density at radius 3 is 2.55 bits per heavy atom. The monoisotopic (exact) mass is 488 g/mol. The van der Waals surface area contributed by atoms with Gasteiger partial charge in [-0.15, -0.1) is 11.3 Å². The molecule has 1 aliphatic carbocycles. The van der Waals surface area contributed by atoms with Gasteiger partial charge in [0.2, 0.25) is 5.91 Å². The number of anilines is 2. The third-order valence-corrected chi connectivity index (χ3v) is 6.69. The highest BCUT2D eigenvalue weighted by atomic mass is 35.5. The van der Waals surface area contributed by atoms with Crippen LogP contribution in [0.25, 0.3) is 0 Å². The summed E-state index contributed by atoms with van der Waals surface area (Å²) >= 11 is 7.28. The molecule has 3 N–H and O–H groups in total. The lowest BCUT2D eigenvalue weighted by molar-refractivity contribution is -0.140. The van der Waals surface area contributed by atoms with Gasteiger partial charge in [-0.05, 0) is 55.5 Å². The quantitative estimate of drug-likeness (QED) is 0.538. The topological polar surface area (TPSA) is 126 Å². The lowest BCUT2D eigenvalue weighted by Crippen LogP contribution is -2.32. The molecule has 11 heteroatoms. The summed E-state index contributed by atoms with van der Waals surface area (Å²) in [7, 11) is 0. The second kappa shape index (κ2) is 10.1. The number of nitrogens with one attached hydrogen (secondary N) is 3. The fourth-order valence-corrected chi connectivity index (χ4v) is 5.05. The number of carbonyl (C=O) groups excluding carboxylic acids is 4. The maximum atomic E-state index is 13.1. The molecule has 4 rings (SSSR count). The molecule has 0 bridgehead atoms. The van der Waals surface area contributed by atoms with Crippen LogP contribution >= 0.6 is 22.9 Å². The van der Waals surface area contributed by atoms with Crippen LogP contribution in [0.3, 0.4) is 0 Å². The van der Waals surface area contributed by atoms with Crippen LogP contribution in [0.15, 0.2) is 29.4 Å². The summed E-state index contributed by atoms with van der Waals surface area (Å²) in [6.45, 7) is -0.535. The van der Waals surface area contributed by atoms with Crippen molar-refractivity contribution in [1.29, 1.82) is 0 Å². The van der Waals surface area contributed by atoms with Crippen molar-refractivity contribution in [3.63, 3.8) is 0 Å². The molecule has 0 fully saturated rings. The number of esters is 1. The summed E-state index contributed by atoms with van der Waals surface area (Å²) in [6, 6.07) is 6.76. The zero-order chi connectivity index (χ0) is 23.4. The highest BCUT2D eigenvalue weighted by Crippen LogP contribution is 2.38. The van der Waals surface area contributed by atoms with Gasteiger partial charge in [-0.2, -0.15) is 5.10 Å². The molecule has 9 nitrogen and oxygen atoms in total. The number of carbonyl (C=O) groups is 4. The standard InChI is InChI=1S/C22H21ClN4O5S/c23-12-5-7-13(8-6-12)24-20(30)19-14-3-1-2-4-16(14)33-21(19)25-18(29)11-32-22(31)15-9-10-17(28)27-26-15/h5-8H,1-4,9-11H2,(H,24,30)(H,25,29)(H,27,28). The van der Waals surface area contributed by atoms with E-state index < -0.39 is 18.5 Å². The zero-order valence-corrected chi connectivity index (χ0v) is 19.1. The van der Waals surface area contributed by atoms with Gasteiger partial charge in [-0.1, -0.05) is 11.6 Å². The number of hydrogen-bond donors (Lipinski definition) is 3. The van der Waals surface area contributed by atoms with Crippen LogP contribution < -0.4 is 16.1 Å². The Kier molecular flexibility index (Phi) is 7.05. The van der Waals surface area contributed by atoms with Gasteiger partial charge in [-0.3, -0.25) is 14.4 Å². The third kappa shape index (κ3) is 5.58. The van der Waals surface area contributed by atoms with E-state index in [1.165, 1.54) is 11.3 Å². The van der Waals surface area contributed by atoms with E-state index in [0.717, 1.165) is 36.1 Å². The van der Waals surface area contributed by atoms with E-state index in [9.17, 15) is 19.2 Å². The Labute approximate surface area is 198 Å². The Balaban J connectivity index is 1.45. The predicted molar refractivity (Wildman–Crippen MR) is 125 cm³/mol. The van der Waals surface area contributed by atoms with Gasteiger partial charge in [0, 0.05) is 28.4 Å². The van der Waals surface area contributed by atoms with Gasteiger partial charge >= 0.3 is 5.97 Å². The number of thiophene rings is 1. The SMILES string of the molecule is O=C1CCC(C(=O)OCC(=O)Nc2sc3c(c2C(=O)Nc2ccc(Cl)cc2)CCCC3)=NN1. The third-order valence-electron chi connectivity index (χ3n) is 5.23. The molecule has 0 saturated carbocycles. The van der Waals surface area contributed by atoms with Gasteiger partial charge in [0.1, 0.15) is 10.7 Å². The number of rotatable bonds is 6. The van der Waals surface area contributed by atoms with Crippen molar-refractivity contribution >= 4 is 63.0 Å². The number of halogens is 1. The average molecular weight is 489 g/mol. The summed E-state index contributed by atoms with van der Waals surface area (Å²) in [6.07, 6.45) is 3.87. The van der Waals surface area contributed by atoms with Crippen LogP contribution in [0.1, 0.15) is 46.5 Å². The second-order valence-electron chi connectivity index (χ2n) is 7.59. The number of hydrazone groups is 1. The molecule has 0 atom stereocenters. The maximum Gasteiger partial charge on any atom is 0.355 e. The molecule has 3 amide bonds. The van der Waals surface area contributed by atoms with Crippen molar-refractivity contribution in [2.24, 2.45) is 5.10 Å². The van der Waals surface area contributed by atoms with Crippen LogP contribution in [0.5, 0.6) is 0 Å². The van der Waals surface area contributed by atoms with E-state index in [1.807, 2.05) is 0 Å². The fourth-order valence-electron chi connectivity index (χ4n) is 3.62. The molecule has 0 saturated heterocycles. The highest BCUT2D eigenvalue weighted by Gasteiger charge is 2.27. The number of hydrogen-bond acceptors (Lipinski definition) is 7.